The third-order valence-corrected chi connectivity index (χ3v) is 3.32. The molecular formula is C16H23F2NO. The summed E-state index contributed by atoms with van der Waals surface area (Å²) in [5, 5.41) is 0. The van der Waals surface area contributed by atoms with Crippen LogP contribution in [-0.2, 0) is 0 Å². The van der Waals surface area contributed by atoms with Gasteiger partial charge >= 0.3 is 0 Å². The van der Waals surface area contributed by atoms with Crippen molar-refractivity contribution in [3.8, 4) is 0 Å². The first-order valence-corrected chi connectivity index (χ1v) is 6.99. The van der Waals surface area contributed by atoms with Crippen LogP contribution in [0.3, 0.4) is 0 Å². The number of benzene rings is 1. The van der Waals surface area contributed by atoms with Crippen LogP contribution in [0.5, 0.6) is 0 Å². The molecule has 0 aliphatic carbocycles. The molecule has 0 spiro atoms. The lowest BCUT2D eigenvalue weighted by Gasteiger charge is -2.33. The standard InChI is InChI=1S/C16H23F2NO/c1-10(2)9-19(11(3)4)12(5)16(20)13-6-7-14(17)15(18)8-13/h6-8,10-12H,9H2,1-5H3. The minimum absolute atomic E-state index is 0.182. The van der Waals surface area contributed by atoms with Gasteiger partial charge in [0.15, 0.2) is 17.4 Å². The zero-order valence-electron chi connectivity index (χ0n) is 12.8. The number of ketones is 1. The van der Waals surface area contributed by atoms with E-state index in [9.17, 15) is 13.6 Å². The van der Waals surface area contributed by atoms with Crippen molar-refractivity contribution in [1.29, 1.82) is 0 Å². The van der Waals surface area contributed by atoms with Crippen LogP contribution < -0.4 is 0 Å². The summed E-state index contributed by atoms with van der Waals surface area (Å²) in [7, 11) is 0. The van der Waals surface area contributed by atoms with Crippen molar-refractivity contribution >= 4 is 5.78 Å². The Morgan fingerprint density at radius 1 is 1.10 bits per heavy atom. The Hall–Kier alpha value is -1.29. The smallest absolute Gasteiger partial charge is 0.179 e. The fourth-order valence-corrected chi connectivity index (χ4v) is 2.28. The Morgan fingerprint density at radius 3 is 2.15 bits per heavy atom. The molecule has 0 bridgehead atoms. The van der Waals surface area contributed by atoms with Gasteiger partial charge in [0.25, 0.3) is 0 Å². The summed E-state index contributed by atoms with van der Waals surface area (Å²) in [5.74, 6) is -1.67. The van der Waals surface area contributed by atoms with Crippen LogP contribution in [0.1, 0.15) is 45.0 Å². The predicted molar refractivity (Wildman–Crippen MR) is 76.8 cm³/mol. The van der Waals surface area contributed by atoms with Gasteiger partial charge in [-0.1, -0.05) is 13.8 Å². The molecule has 0 saturated heterocycles. The molecule has 0 aromatic heterocycles. The Bertz CT molecular complexity index is 472. The number of carbonyl (C=O) groups is 1. The molecule has 1 aromatic carbocycles. The summed E-state index contributed by atoms with van der Waals surface area (Å²) in [4.78, 5) is 14.5. The van der Waals surface area contributed by atoms with Crippen molar-refractivity contribution in [2.75, 3.05) is 6.54 Å². The first-order chi connectivity index (χ1) is 9.23. The molecule has 112 valence electrons. The molecule has 0 amide bonds. The maximum atomic E-state index is 13.2. The van der Waals surface area contributed by atoms with Crippen molar-refractivity contribution < 1.29 is 13.6 Å². The summed E-state index contributed by atoms with van der Waals surface area (Å²) in [6.45, 7) is 10.8. The van der Waals surface area contributed by atoms with Gasteiger partial charge in [0.1, 0.15) is 0 Å². The highest BCUT2D eigenvalue weighted by molar-refractivity contribution is 5.99. The zero-order valence-corrected chi connectivity index (χ0v) is 12.8. The molecule has 1 unspecified atom stereocenters. The SMILES string of the molecule is CC(C)CN(C(C)C)C(C)C(=O)c1ccc(F)c(F)c1. The predicted octanol–water partition coefficient (Wildman–Crippen LogP) is 3.90. The molecule has 0 aliphatic rings. The fraction of sp³-hybridized carbons (Fsp3) is 0.562. The van der Waals surface area contributed by atoms with Crippen molar-refractivity contribution in [3.05, 3.63) is 35.4 Å². The molecule has 0 saturated carbocycles. The lowest BCUT2D eigenvalue weighted by molar-refractivity contribution is 0.0762. The van der Waals surface area contributed by atoms with E-state index in [4.69, 9.17) is 0 Å². The van der Waals surface area contributed by atoms with Gasteiger partial charge in [-0.05, 0) is 44.9 Å². The molecule has 1 rings (SSSR count). The summed E-state index contributed by atoms with van der Waals surface area (Å²) < 4.78 is 26.2. The lowest BCUT2D eigenvalue weighted by atomic mass is 10.0. The van der Waals surface area contributed by atoms with Gasteiger partial charge in [-0.3, -0.25) is 9.69 Å². The molecule has 0 radical (unpaired) electrons. The molecule has 0 N–H and O–H groups in total. The highest BCUT2D eigenvalue weighted by Crippen LogP contribution is 2.16. The van der Waals surface area contributed by atoms with Crippen LogP contribution in [0.2, 0.25) is 0 Å². The molecule has 20 heavy (non-hydrogen) atoms. The minimum atomic E-state index is -0.983. The number of halogens is 2. The van der Waals surface area contributed by atoms with Gasteiger partial charge in [-0.2, -0.15) is 0 Å². The fourth-order valence-electron chi connectivity index (χ4n) is 2.28. The van der Waals surface area contributed by atoms with Crippen LogP contribution in [0.4, 0.5) is 8.78 Å². The van der Waals surface area contributed by atoms with Gasteiger partial charge < -0.3 is 0 Å². The third kappa shape index (κ3) is 4.10. The Labute approximate surface area is 119 Å². The number of carbonyl (C=O) groups excluding carboxylic acids is 1. The van der Waals surface area contributed by atoms with Crippen LogP contribution in [-0.4, -0.2) is 29.3 Å². The minimum Gasteiger partial charge on any atom is -0.292 e. The zero-order chi connectivity index (χ0) is 15.4. The van der Waals surface area contributed by atoms with E-state index >= 15 is 0 Å². The second-order valence-electron chi connectivity index (χ2n) is 5.85. The molecular weight excluding hydrogens is 260 g/mol. The molecule has 0 aliphatic heterocycles. The molecule has 0 fully saturated rings. The highest BCUT2D eigenvalue weighted by atomic mass is 19.2. The highest BCUT2D eigenvalue weighted by Gasteiger charge is 2.25. The van der Waals surface area contributed by atoms with E-state index in [0.29, 0.717) is 5.92 Å². The summed E-state index contributed by atoms with van der Waals surface area (Å²) in [5.41, 5.74) is 0.214. The normalized spacial score (nSPS) is 13.3. The number of rotatable bonds is 6. The number of nitrogens with zero attached hydrogens (tertiary/aromatic N) is 1. The van der Waals surface area contributed by atoms with Crippen molar-refractivity contribution in [2.24, 2.45) is 5.92 Å². The van der Waals surface area contributed by atoms with Crippen molar-refractivity contribution in [1.82, 2.24) is 4.90 Å². The number of Topliss-reactive ketones (excluding diaryl/α,β-unsaturated/α-hetero) is 1. The first kappa shape index (κ1) is 16.8. The Balaban J connectivity index is 2.95. The maximum absolute atomic E-state index is 13.2. The second-order valence-corrected chi connectivity index (χ2v) is 5.85. The van der Waals surface area contributed by atoms with Crippen molar-refractivity contribution in [3.63, 3.8) is 0 Å². The summed E-state index contributed by atoms with van der Waals surface area (Å²) in [6, 6.07) is 3.16. The van der Waals surface area contributed by atoms with Crippen molar-refractivity contribution in [2.45, 2.75) is 46.7 Å². The quantitative estimate of drug-likeness (QED) is 0.738. The maximum Gasteiger partial charge on any atom is 0.179 e. The van der Waals surface area contributed by atoms with E-state index in [1.54, 1.807) is 0 Å². The van der Waals surface area contributed by atoms with E-state index in [2.05, 4.69) is 18.7 Å². The van der Waals surface area contributed by atoms with Gasteiger partial charge in [-0.15, -0.1) is 0 Å². The summed E-state index contributed by atoms with van der Waals surface area (Å²) in [6.07, 6.45) is 0. The first-order valence-electron chi connectivity index (χ1n) is 6.99. The Morgan fingerprint density at radius 2 is 1.70 bits per heavy atom. The van der Waals surface area contributed by atoms with Gasteiger partial charge in [0.2, 0.25) is 0 Å². The van der Waals surface area contributed by atoms with Crippen LogP contribution >= 0.6 is 0 Å². The van der Waals surface area contributed by atoms with E-state index in [0.717, 1.165) is 18.7 Å². The number of hydrogen-bond donors (Lipinski definition) is 0. The van der Waals surface area contributed by atoms with Gasteiger partial charge in [0.05, 0.1) is 6.04 Å². The van der Waals surface area contributed by atoms with E-state index in [1.807, 2.05) is 20.8 Å². The average Bonchev–Trinajstić information content (AvgIpc) is 2.37. The molecule has 1 aromatic rings. The van der Waals surface area contributed by atoms with E-state index < -0.39 is 11.6 Å². The molecule has 4 heteroatoms. The third-order valence-electron chi connectivity index (χ3n) is 3.32. The molecule has 1 atom stereocenters. The summed E-state index contributed by atoms with van der Waals surface area (Å²) >= 11 is 0. The van der Waals surface area contributed by atoms with Crippen LogP contribution in [0, 0.1) is 17.6 Å². The van der Waals surface area contributed by atoms with Crippen LogP contribution in [0.25, 0.3) is 0 Å². The van der Waals surface area contributed by atoms with Gasteiger partial charge in [0, 0.05) is 18.2 Å². The lowest BCUT2D eigenvalue weighted by Crippen LogP contribution is -2.45. The van der Waals surface area contributed by atoms with Crippen LogP contribution in [0.15, 0.2) is 18.2 Å². The van der Waals surface area contributed by atoms with E-state index in [1.165, 1.54) is 6.07 Å². The topological polar surface area (TPSA) is 20.3 Å². The van der Waals surface area contributed by atoms with E-state index in [-0.39, 0.29) is 23.4 Å². The second kappa shape index (κ2) is 6.93. The largest absolute Gasteiger partial charge is 0.292 e. The Kier molecular flexibility index (Phi) is 5.81. The monoisotopic (exact) mass is 283 g/mol. The average molecular weight is 283 g/mol. The molecule has 2 nitrogen and oxygen atoms in total. The van der Waals surface area contributed by atoms with Gasteiger partial charge in [-0.25, -0.2) is 8.78 Å². The molecule has 0 heterocycles. The number of hydrogen-bond acceptors (Lipinski definition) is 2.